The molecule has 0 unspecified atom stereocenters. The molecule has 0 aromatic heterocycles. The van der Waals surface area contributed by atoms with Gasteiger partial charge in [-0.3, -0.25) is 5.01 Å². The van der Waals surface area contributed by atoms with Crippen LogP contribution in [0.25, 0.3) is 0 Å². The van der Waals surface area contributed by atoms with Gasteiger partial charge in [-0.25, -0.2) is 0 Å². The molecule has 0 bridgehead atoms. The largest absolute Gasteiger partial charge is 0.431 e. The molecule has 1 aliphatic heterocycles. The van der Waals surface area contributed by atoms with Gasteiger partial charge in [-0.05, 0) is 13.8 Å². The lowest BCUT2D eigenvalue weighted by atomic mass is 10.3. The quantitative estimate of drug-likeness (QED) is 0.602. The third kappa shape index (κ3) is 1.89. The molecule has 0 N–H and O–H groups in total. The molecule has 1 heterocycles. The van der Waals surface area contributed by atoms with Gasteiger partial charge in [0, 0.05) is 19.0 Å². The van der Waals surface area contributed by atoms with Crippen molar-refractivity contribution in [2.75, 3.05) is 6.54 Å². The van der Waals surface area contributed by atoms with Crippen LogP contribution in [0.5, 0.6) is 0 Å². The van der Waals surface area contributed by atoms with Crippen molar-refractivity contribution in [1.82, 2.24) is 5.01 Å². The van der Waals surface area contributed by atoms with Crippen molar-refractivity contribution < 1.29 is 13.2 Å². The fourth-order valence-corrected chi connectivity index (χ4v) is 1.05. The van der Waals surface area contributed by atoms with Gasteiger partial charge in [-0.1, -0.05) is 0 Å². The number of nitrogens with zero attached hydrogens (tertiary/aromatic N) is 2. The predicted molar refractivity (Wildman–Crippen MR) is 39.9 cm³/mol. The molecule has 5 heteroatoms. The number of hydrogen-bond donors (Lipinski definition) is 0. The fourth-order valence-electron chi connectivity index (χ4n) is 1.05. The standard InChI is InChI=1S/C7H11F3N2/c1-5(2)12-4-3-6(11-12)7(8,9)10/h5H,3-4H2,1-2H3. The maximum Gasteiger partial charge on any atom is 0.431 e. The second-order valence-corrected chi connectivity index (χ2v) is 3.05. The van der Waals surface area contributed by atoms with Crippen LogP contribution in [0, 0.1) is 0 Å². The van der Waals surface area contributed by atoms with Gasteiger partial charge in [-0.2, -0.15) is 18.3 Å². The molecule has 1 rings (SSSR count). The molecule has 0 radical (unpaired) electrons. The SMILES string of the molecule is CC(C)N1CCC(C(F)(F)F)=N1. The van der Waals surface area contributed by atoms with E-state index >= 15 is 0 Å². The number of rotatable bonds is 1. The Bertz CT molecular complexity index is 195. The Morgan fingerprint density at radius 1 is 1.42 bits per heavy atom. The Morgan fingerprint density at radius 2 is 2.00 bits per heavy atom. The van der Waals surface area contributed by atoms with Crippen LogP contribution >= 0.6 is 0 Å². The van der Waals surface area contributed by atoms with E-state index in [1.807, 2.05) is 13.8 Å². The van der Waals surface area contributed by atoms with Crippen molar-refractivity contribution in [2.24, 2.45) is 5.10 Å². The van der Waals surface area contributed by atoms with E-state index in [9.17, 15) is 13.2 Å². The maximum absolute atomic E-state index is 12.0. The van der Waals surface area contributed by atoms with Gasteiger partial charge in [0.2, 0.25) is 0 Å². The number of halogens is 3. The van der Waals surface area contributed by atoms with Crippen LogP contribution in [0.4, 0.5) is 13.2 Å². The van der Waals surface area contributed by atoms with E-state index in [1.54, 1.807) is 0 Å². The first kappa shape index (κ1) is 9.35. The van der Waals surface area contributed by atoms with Crippen molar-refractivity contribution in [1.29, 1.82) is 0 Å². The van der Waals surface area contributed by atoms with Crippen molar-refractivity contribution in [3.05, 3.63) is 0 Å². The van der Waals surface area contributed by atoms with Crippen LogP contribution in [-0.2, 0) is 0 Å². The van der Waals surface area contributed by atoms with E-state index in [0.717, 1.165) is 0 Å². The molecule has 0 aromatic carbocycles. The summed E-state index contributed by atoms with van der Waals surface area (Å²) < 4.78 is 36.1. The van der Waals surface area contributed by atoms with Gasteiger partial charge in [0.15, 0.2) is 0 Å². The lowest BCUT2D eigenvalue weighted by Gasteiger charge is -2.17. The summed E-state index contributed by atoms with van der Waals surface area (Å²) in [6.45, 7) is 4.03. The monoisotopic (exact) mass is 180 g/mol. The topological polar surface area (TPSA) is 15.6 Å². The highest BCUT2D eigenvalue weighted by molar-refractivity contribution is 5.90. The average Bonchev–Trinajstić information content (AvgIpc) is 2.30. The highest BCUT2D eigenvalue weighted by Crippen LogP contribution is 2.24. The highest BCUT2D eigenvalue weighted by Gasteiger charge is 2.39. The van der Waals surface area contributed by atoms with Gasteiger partial charge in [0.25, 0.3) is 0 Å². The lowest BCUT2D eigenvalue weighted by Crippen LogP contribution is -2.22. The Kier molecular flexibility index (Phi) is 2.30. The fraction of sp³-hybridized carbons (Fsp3) is 0.857. The third-order valence-electron chi connectivity index (χ3n) is 1.75. The first-order chi connectivity index (χ1) is 5.41. The molecule has 0 amide bonds. The van der Waals surface area contributed by atoms with Gasteiger partial charge < -0.3 is 0 Å². The minimum Gasteiger partial charge on any atom is -0.294 e. The lowest BCUT2D eigenvalue weighted by molar-refractivity contribution is -0.0601. The van der Waals surface area contributed by atoms with Gasteiger partial charge >= 0.3 is 6.18 Å². The van der Waals surface area contributed by atoms with Gasteiger partial charge in [0.05, 0.1) is 0 Å². The molecule has 70 valence electrons. The molecule has 0 saturated heterocycles. The number of hydrogen-bond acceptors (Lipinski definition) is 2. The zero-order valence-corrected chi connectivity index (χ0v) is 7.02. The molecule has 1 aliphatic rings. The Hall–Kier alpha value is -0.740. The zero-order chi connectivity index (χ0) is 9.35. The normalized spacial score (nSPS) is 18.8. The van der Waals surface area contributed by atoms with Gasteiger partial charge in [0.1, 0.15) is 5.71 Å². The van der Waals surface area contributed by atoms with Crippen LogP contribution in [-0.4, -0.2) is 29.5 Å². The molecule has 2 nitrogen and oxygen atoms in total. The predicted octanol–water partition coefficient (Wildman–Crippen LogP) is 2.02. The maximum atomic E-state index is 12.0. The van der Waals surface area contributed by atoms with E-state index in [-0.39, 0.29) is 12.5 Å². The molecular formula is C7H11F3N2. The van der Waals surface area contributed by atoms with Crippen LogP contribution in [0.2, 0.25) is 0 Å². The molecular weight excluding hydrogens is 169 g/mol. The van der Waals surface area contributed by atoms with Crippen molar-refractivity contribution >= 4 is 5.71 Å². The summed E-state index contributed by atoms with van der Waals surface area (Å²) in [6.07, 6.45) is -4.23. The Morgan fingerprint density at radius 3 is 2.25 bits per heavy atom. The van der Waals surface area contributed by atoms with Crippen LogP contribution < -0.4 is 0 Å². The van der Waals surface area contributed by atoms with Crippen LogP contribution in [0.1, 0.15) is 20.3 Å². The molecule has 0 saturated carbocycles. The molecule has 0 aliphatic carbocycles. The van der Waals surface area contributed by atoms with Crippen LogP contribution in [0.3, 0.4) is 0 Å². The molecule has 12 heavy (non-hydrogen) atoms. The minimum absolute atomic E-state index is 0.0156. The molecule has 0 spiro atoms. The van der Waals surface area contributed by atoms with E-state index in [0.29, 0.717) is 6.54 Å². The molecule has 0 atom stereocenters. The zero-order valence-electron chi connectivity index (χ0n) is 7.02. The Labute approximate surface area is 69.0 Å². The van der Waals surface area contributed by atoms with E-state index in [2.05, 4.69) is 5.10 Å². The highest BCUT2D eigenvalue weighted by atomic mass is 19.4. The van der Waals surface area contributed by atoms with E-state index < -0.39 is 11.9 Å². The first-order valence-corrected chi connectivity index (χ1v) is 3.82. The van der Waals surface area contributed by atoms with Crippen molar-refractivity contribution in [3.63, 3.8) is 0 Å². The summed E-state index contributed by atoms with van der Waals surface area (Å²) in [5.74, 6) is 0. The molecule has 0 fully saturated rings. The number of hydrazone groups is 1. The van der Waals surface area contributed by atoms with Crippen LogP contribution in [0.15, 0.2) is 5.10 Å². The second-order valence-electron chi connectivity index (χ2n) is 3.05. The smallest absolute Gasteiger partial charge is 0.294 e. The summed E-state index contributed by atoms with van der Waals surface area (Å²) in [4.78, 5) is 0. The second kappa shape index (κ2) is 2.95. The summed E-state index contributed by atoms with van der Waals surface area (Å²) in [5, 5.41) is 4.94. The van der Waals surface area contributed by atoms with E-state index in [1.165, 1.54) is 5.01 Å². The third-order valence-corrected chi connectivity index (χ3v) is 1.75. The molecule has 0 aromatic rings. The number of alkyl halides is 3. The minimum atomic E-state index is -4.25. The van der Waals surface area contributed by atoms with Gasteiger partial charge in [-0.15, -0.1) is 0 Å². The van der Waals surface area contributed by atoms with Crippen molar-refractivity contribution in [2.45, 2.75) is 32.5 Å². The van der Waals surface area contributed by atoms with Crippen molar-refractivity contribution in [3.8, 4) is 0 Å². The first-order valence-electron chi connectivity index (χ1n) is 3.82. The summed E-state index contributed by atoms with van der Waals surface area (Å²) in [7, 11) is 0. The Balaban J connectivity index is 2.66. The summed E-state index contributed by atoms with van der Waals surface area (Å²) in [6, 6.07) is 0.0462. The summed E-state index contributed by atoms with van der Waals surface area (Å²) >= 11 is 0. The summed E-state index contributed by atoms with van der Waals surface area (Å²) in [5.41, 5.74) is -0.656. The average molecular weight is 180 g/mol. The van der Waals surface area contributed by atoms with E-state index in [4.69, 9.17) is 0 Å².